The second kappa shape index (κ2) is 3.35. The number of aryl methyl sites for hydroxylation is 1. The number of allylic oxidation sites excluding steroid dienone is 1. The predicted octanol–water partition coefficient (Wildman–Crippen LogP) is 2.34. The number of benzene rings is 1. The molecule has 0 radical (unpaired) electrons. The molecule has 1 heterocycles. The van der Waals surface area contributed by atoms with Gasteiger partial charge >= 0.3 is 11.9 Å². The van der Waals surface area contributed by atoms with E-state index in [1.165, 1.54) is 0 Å². The van der Waals surface area contributed by atoms with Gasteiger partial charge in [0.1, 0.15) is 0 Å². The van der Waals surface area contributed by atoms with E-state index in [0.29, 0.717) is 11.1 Å². The van der Waals surface area contributed by atoms with Gasteiger partial charge in [-0.2, -0.15) is 0 Å². The molecule has 1 aromatic rings. The summed E-state index contributed by atoms with van der Waals surface area (Å²) in [4.78, 5) is 22.5. The Morgan fingerprint density at radius 2 is 1.73 bits per heavy atom. The predicted molar refractivity (Wildman–Crippen MR) is 55.6 cm³/mol. The highest BCUT2D eigenvalue weighted by Crippen LogP contribution is 2.24. The van der Waals surface area contributed by atoms with Gasteiger partial charge in [0.05, 0.1) is 11.1 Å². The average molecular weight is 202 g/mol. The molecule has 1 aromatic carbocycles. The first-order chi connectivity index (χ1) is 7.13. The highest BCUT2D eigenvalue weighted by Gasteiger charge is 2.30. The molecule has 0 N–H and O–H groups in total. The lowest BCUT2D eigenvalue weighted by Crippen LogP contribution is -1.96. The van der Waals surface area contributed by atoms with Crippen LogP contribution in [0.25, 0.3) is 6.08 Å². The number of fused-ring (bicyclic) bond motifs is 1. The smallest absolute Gasteiger partial charge is 0.346 e. The third kappa shape index (κ3) is 1.46. The standard InChI is InChI=1S/C12H10O3/c1-3-4-8-6-10-9(5-7(8)2)11(13)15-12(10)14/h3-6H,1-2H3/b4-3+. The van der Waals surface area contributed by atoms with Gasteiger partial charge in [-0.3, -0.25) is 0 Å². The number of cyclic esters (lactones) is 2. The van der Waals surface area contributed by atoms with Gasteiger partial charge in [0.15, 0.2) is 0 Å². The second-order valence-corrected chi connectivity index (χ2v) is 3.43. The molecule has 1 aliphatic heterocycles. The van der Waals surface area contributed by atoms with Gasteiger partial charge in [-0.25, -0.2) is 9.59 Å². The number of hydrogen-bond acceptors (Lipinski definition) is 3. The molecule has 0 saturated heterocycles. The van der Waals surface area contributed by atoms with Crippen LogP contribution in [0.5, 0.6) is 0 Å². The minimum absolute atomic E-state index is 0.360. The normalized spacial score (nSPS) is 14.5. The van der Waals surface area contributed by atoms with E-state index in [-0.39, 0.29) is 0 Å². The summed E-state index contributed by atoms with van der Waals surface area (Å²) < 4.78 is 4.52. The van der Waals surface area contributed by atoms with E-state index in [1.807, 2.05) is 26.0 Å². The van der Waals surface area contributed by atoms with Gasteiger partial charge in [-0.15, -0.1) is 0 Å². The van der Waals surface area contributed by atoms with E-state index >= 15 is 0 Å². The van der Waals surface area contributed by atoms with Crippen molar-refractivity contribution in [3.05, 3.63) is 40.5 Å². The fourth-order valence-electron chi connectivity index (χ4n) is 1.62. The Bertz CT molecular complexity index is 484. The number of ether oxygens (including phenoxy) is 1. The van der Waals surface area contributed by atoms with E-state index in [9.17, 15) is 9.59 Å². The number of carbonyl (C=O) groups excluding carboxylic acids is 2. The molecule has 2 rings (SSSR count). The molecule has 3 heteroatoms. The van der Waals surface area contributed by atoms with Crippen molar-refractivity contribution in [2.24, 2.45) is 0 Å². The zero-order valence-corrected chi connectivity index (χ0v) is 8.53. The van der Waals surface area contributed by atoms with Gasteiger partial charge in [-0.1, -0.05) is 12.2 Å². The van der Waals surface area contributed by atoms with Crippen molar-refractivity contribution >= 4 is 18.0 Å². The lowest BCUT2D eigenvalue weighted by Gasteiger charge is -2.01. The number of esters is 2. The van der Waals surface area contributed by atoms with Crippen LogP contribution in [0, 0.1) is 6.92 Å². The molecule has 76 valence electrons. The molecule has 3 nitrogen and oxygen atoms in total. The van der Waals surface area contributed by atoms with Crippen molar-refractivity contribution in [1.82, 2.24) is 0 Å². The van der Waals surface area contributed by atoms with Crippen molar-refractivity contribution in [3.63, 3.8) is 0 Å². The summed E-state index contributed by atoms with van der Waals surface area (Å²) >= 11 is 0. The van der Waals surface area contributed by atoms with Gasteiger partial charge in [0, 0.05) is 0 Å². The molecular formula is C12H10O3. The van der Waals surface area contributed by atoms with Crippen LogP contribution in [-0.2, 0) is 4.74 Å². The SMILES string of the molecule is C/C=C/c1cc2c(cc1C)C(=O)OC2=O. The lowest BCUT2D eigenvalue weighted by atomic mass is 10.0. The van der Waals surface area contributed by atoms with Gasteiger partial charge in [-0.05, 0) is 37.1 Å². The largest absolute Gasteiger partial charge is 0.386 e. The van der Waals surface area contributed by atoms with Gasteiger partial charge in [0.2, 0.25) is 0 Å². The monoisotopic (exact) mass is 202 g/mol. The van der Waals surface area contributed by atoms with Crippen LogP contribution in [0.2, 0.25) is 0 Å². The first-order valence-corrected chi connectivity index (χ1v) is 4.67. The van der Waals surface area contributed by atoms with Crippen LogP contribution < -0.4 is 0 Å². The summed E-state index contributed by atoms with van der Waals surface area (Å²) in [5, 5.41) is 0. The molecule has 0 amide bonds. The summed E-state index contributed by atoms with van der Waals surface area (Å²) in [7, 11) is 0. The fourth-order valence-corrected chi connectivity index (χ4v) is 1.62. The van der Waals surface area contributed by atoms with Gasteiger partial charge in [0.25, 0.3) is 0 Å². The van der Waals surface area contributed by atoms with Crippen molar-refractivity contribution in [1.29, 1.82) is 0 Å². The molecule has 1 aliphatic rings. The summed E-state index contributed by atoms with van der Waals surface area (Å²) in [5.74, 6) is -1.11. The zero-order chi connectivity index (χ0) is 11.0. The van der Waals surface area contributed by atoms with E-state index < -0.39 is 11.9 Å². The maximum Gasteiger partial charge on any atom is 0.346 e. The molecule has 0 spiro atoms. The van der Waals surface area contributed by atoms with Gasteiger partial charge < -0.3 is 4.74 Å². The van der Waals surface area contributed by atoms with E-state index in [4.69, 9.17) is 0 Å². The Labute approximate surface area is 87.4 Å². The summed E-state index contributed by atoms with van der Waals surface area (Å²) in [5.41, 5.74) is 2.62. The third-order valence-corrected chi connectivity index (χ3v) is 2.38. The average Bonchev–Trinajstić information content (AvgIpc) is 2.44. The van der Waals surface area contributed by atoms with Crippen LogP contribution in [-0.4, -0.2) is 11.9 Å². The molecule has 0 bridgehead atoms. The minimum atomic E-state index is -0.555. The van der Waals surface area contributed by atoms with Crippen molar-refractivity contribution in [2.75, 3.05) is 0 Å². The van der Waals surface area contributed by atoms with Crippen molar-refractivity contribution in [3.8, 4) is 0 Å². The molecule has 0 unspecified atom stereocenters. The quantitative estimate of drug-likeness (QED) is 0.518. The highest BCUT2D eigenvalue weighted by molar-refractivity contribution is 6.15. The van der Waals surface area contributed by atoms with Crippen molar-refractivity contribution in [2.45, 2.75) is 13.8 Å². The maximum absolute atomic E-state index is 11.3. The molecular weight excluding hydrogens is 192 g/mol. The molecule has 0 aliphatic carbocycles. The summed E-state index contributed by atoms with van der Waals surface area (Å²) in [6.07, 6.45) is 3.78. The Morgan fingerprint density at radius 1 is 1.13 bits per heavy atom. The Balaban J connectivity index is 2.64. The number of hydrogen-bond donors (Lipinski definition) is 0. The lowest BCUT2D eigenvalue weighted by molar-refractivity contribution is 0.0444. The third-order valence-electron chi connectivity index (χ3n) is 2.38. The van der Waals surface area contributed by atoms with Crippen LogP contribution in [0.15, 0.2) is 18.2 Å². The second-order valence-electron chi connectivity index (χ2n) is 3.43. The maximum atomic E-state index is 11.3. The first kappa shape index (κ1) is 9.65. The summed E-state index contributed by atoms with van der Waals surface area (Å²) in [6.45, 7) is 3.79. The Hall–Kier alpha value is -1.90. The number of carbonyl (C=O) groups is 2. The molecule has 0 saturated carbocycles. The molecule has 0 aromatic heterocycles. The van der Waals surface area contributed by atoms with Crippen molar-refractivity contribution < 1.29 is 14.3 Å². The van der Waals surface area contributed by atoms with Crippen LogP contribution in [0.4, 0.5) is 0 Å². The fraction of sp³-hybridized carbons (Fsp3) is 0.167. The van der Waals surface area contributed by atoms with E-state index in [1.54, 1.807) is 12.1 Å². The Morgan fingerprint density at radius 3 is 2.33 bits per heavy atom. The van der Waals surface area contributed by atoms with Crippen LogP contribution in [0.1, 0.15) is 38.8 Å². The summed E-state index contributed by atoms with van der Waals surface area (Å²) in [6, 6.07) is 3.38. The topological polar surface area (TPSA) is 43.4 Å². The van der Waals surface area contributed by atoms with Crippen LogP contribution in [0.3, 0.4) is 0 Å². The zero-order valence-electron chi connectivity index (χ0n) is 8.53. The molecule has 0 atom stereocenters. The Kier molecular flexibility index (Phi) is 2.15. The molecule has 15 heavy (non-hydrogen) atoms. The van der Waals surface area contributed by atoms with Crippen LogP contribution >= 0.6 is 0 Å². The first-order valence-electron chi connectivity index (χ1n) is 4.67. The van der Waals surface area contributed by atoms with E-state index in [0.717, 1.165) is 11.1 Å². The minimum Gasteiger partial charge on any atom is -0.386 e. The molecule has 0 fully saturated rings. The highest BCUT2D eigenvalue weighted by atomic mass is 16.6. The van der Waals surface area contributed by atoms with E-state index in [2.05, 4.69) is 4.74 Å². The number of rotatable bonds is 1.